The van der Waals surface area contributed by atoms with Gasteiger partial charge in [0.25, 0.3) is 0 Å². The van der Waals surface area contributed by atoms with Gasteiger partial charge in [-0.15, -0.1) is 11.3 Å². The first-order valence-electron chi connectivity index (χ1n) is 9.72. The molecule has 154 valence electrons. The van der Waals surface area contributed by atoms with Gasteiger partial charge in [0.15, 0.2) is 0 Å². The maximum atomic E-state index is 12.7. The summed E-state index contributed by atoms with van der Waals surface area (Å²) < 4.78 is 11.9. The Labute approximate surface area is 192 Å². The molecule has 0 saturated carbocycles. The van der Waals surface area contributed by atoms with E-state index in [9.17, 15) is 9.59 Å². The molecular formula is C25H12BrNO4S. The van der Waals surface area contributed by atoms with Gasteiger partial charge in [0, 0.05) is 20.6 Å². The molecule has 0 saturated heterocycles. The summed E-state index contributed by atoms with van der Waals surface area (Å²) in [5.74, 6) is 0. The van der Waals surface area contributed by atoms with E-state index in [4.69, 9.17) is 8.83 Å². The summed E-state index contributed by atoms with van der Waals surface area (Å²) in [6.45, 7) is 0. The van der Waals surface area contributed by atoms with Gasteiger partial charge in [0.1, 0.15) is 16.2 Å². The van der Waals surface area contributed by atoms with E-state index in [0.717, 1.165) is 26.0 Å². The molecule has 0 aliphatic carbocycles. The molecule has 7 heteroatoms. The Kier molecular flexibility index (Phi) is 4.34. The van der Waals surface area contributed by atoms with Crippen molar-refractivity contribution in [3.05, 3.63) is 97.4 Å². The van der Waals surface area contributed by atoms with Crippen LogP contribution >= 0.6 is 27.3 Å². The lowest BCUT2D eigenvalue weighted by molar-refractivity contribution is 0.563. The first-order valence-corrected chi connectivity index (χ1v) is 11.4. The van der Waals surface area contributed by atoms with Gasteiger partial charge in [-0.25, -0.2) is 14.6 Å². The van der Waals surface area contributed by atoms with Gasteiger partial charge in [-0.2, -0.15) is 0 Å². The zero-order valence-corrected chi connectivity index (χ0v) is 18.7. The predicted molar refractivity (Wildman–Crippen MR) is 130 cm³/mol. The summed E-state index contributed by atoms with van der Waals surface area (Å²) in [7, 11) is 0. The van der Waals surface area contributed by atoms with Gasteiger partial charge in [0.2, 0.25) is 0 Å². The van der Waals surface area contributed by atoms with Crippen LogP contribution < -0.4 is 11.3 Å². The summed E-state index contributed by atoms with van der Waals surface area (Å²) in [6.07, 6.45) is 0. The number of thiazole rings is 1. The van der Waals surface area contributed by atoms with Gasteiger partial charge < -0.3 is 8.83 Å². The van der Waals surface area contributed by atoms with Gasteiger partial charge >= 0.3 is 11.3 Å². The summed E-state index contributed by atoms with van der Waals surface area (Å²) >= 11 is 4.71. The molecule has 3 heterocycles. The van der Waals surface area contributed by atoms with E-state index in [1.165, 1.54) is 11.3 Å². The molecule has 0 amide bonds. The highest BCUT2D eigenvalue weighted by atomic mass is 79.9. The quantitative estimate of drug-likeness (QED) is 0.197. The molecule has 0 aliphatic rings. The van der Waals surface area contributed by atoms with Crippen LogP contribution in [-0.4, -0.2) is 4.98 Å². The van der Waals surface area contributed by atoms with Crippen molar-refractivity contribution < 1.29 is 8.83 Å². The van der Waals surface area contributed by atoms with E-state index < -0.39 is 11.3 Å². The first kappa shape index (κ1) is 19.2. The molecule has 32 heavy (non-hydrogen) atoms. The second-order valence-corrected chi connectivity index (χ2v) is 9.09. The molecule has 5 nitrogen and oxygen atoms in total. The first-order chi connectivity index (χ1) is 15.6. The van der Waals surface area contributed by atoms with Crippen LogP contribution in [0.3, 0.4) is 0 Å². The Balaban J connectivity index is 1.52. The summed E-state index contributed by atoms with van der Waals surface area (Å²) in [4.78, 5) is 29.8. The largest absolute Gasteiger partial charge is 0.422 e. The fourth-order valence-corrected chi connectivity index (χ4v) is 5.02. The normalized spacial score (nSPS) is 11.5. The number of nitrogens with zero attached hydrogens (tertiary/aromatic N) is 1. The Bertz CT molecular complexity index is 1800. The van der Waals surface area contributed by atoms with E-state index in [2.05, 4.69) is 20.9 Å². The topological polar surface area (TPSA) is 73.3 Å². The highest BCUT2D eigenvalue weighted by Gasteiger charge is 2.16. The fourth-order valence-electron chi connectivity index (χ4n) is 3.81. The highest BCUT2D eigenvalue weighted by molar-refractivity contribution is 9.10. The SMILES string of the molecule is O=c1oc2ccc3ccccc3c2cc1-c1csc(-c2cc3cc(Br)ccc3oc2=O)n1. The fraction of sp³-hybridized carbons (Fsp3) is 0. The minimum Gasteiger partial charge on any atom is -0.422 e. The van der Waals surface area contributed by atoms with Crippen LogP contribution in [0.25, 0.3) is 54.5 Å². The lowest BCUT2D eigenvalue weighted by atomic mass is 10.0. The van der Waals surface area contributed by atoms with Gasteiger partial charge in [-0.1, -0.05) is 46.3 Å². The van der Waals surface area contributed by atoms with Gasteiger partial charge in [-0.3, -0.25) is 0 Å². The Morgan fingerprint density at radius 2 is 1.53 bits per heavy atom. The Hall–Kier alpha value is -3.55. The van der Waals surface area contributed by atoms with Crippen LogP contribution in [-0.2, 0) is 0 Å². The van der Waals surface area contributed by atoms with Crippen molar-refractivity contribution in [1.82, 2.24) is 4.98 Å². The summed E-state index contributed by atoms with van der Waals surface area (Å²) in [5.41, 5.74) is 1.24. The smallest absolute Gasteiger partial charge is 0.346 e. The van der Waals surface area contributed by atoms with Crippen LogP contribution in [0, 0.1) is 0 Å². The van der Waals surface area contributed by atoms with E-state index in [0.29, 0.717) is 33.0 Å². The van der Waals surface area contributed by atoms with Crippen LogP contribution in [0.4, 0.5) is 0 Å². The van der Waals surface area contributed by atoms with Crippen molar-refractivity contribution in [3.63, 3.8) is 0 Å². The minimum atomic E-state index is -0.475. The number of fused-ring (bicyclic) bond motifs is 4. The molecule has 6 rings (SSSR count). The van der Waals surface area contributed by atoms with Crippen molar-refractivity contribution >= 4 is 60.0 Å². The van der Waals surface area contributed by atoms with Gasteiger partial charge in [-0.05, 0) is 47.2 Å². The number of hydrogen-bond donors (Lipinski definition) is 0. The van der Waals surface area contributed by atoms with Crippen molar-refractivity contribution in [2.75, 3.05) is 0 Å². The third-order valence-corrected chi connectivity index (χ3v) is 6.72. The molecule has 0 unspecified atom stereocenters. The second kappa shape index (κ2) is 7.25. The van der Waals surface area contributed by atoms with E-state index in [1.54, 1.807) is 23.6 Å². The average Bonchev–Trinajstić information content (AvgIpc) is 3.28. The van der Waals surface area contributed by atoms with Crippen molar-refractivity contribution in [2.45, 2.75) is 0 Å². The molecule has 3 aromatic carbocycles. The van der Waals surface area contributed by atoms with Crippen LogP contribution in [0.1, 0.15) is 0 Å². The maximum absolute atomic E-state index is 12.7. The molecule has 0 radical (unpaired) electrons. The van der Waals surface area contributed by atoms with Crippen molar-refractivity contribution in [1.29, 1.82) is 0 Å². The number of aromatic nitrogens is 1. The van der Waals surface area contributed by atoms with Crippen LogP contribution in [0.5, 0.6) is 0 Å². The third kappa shape index (κ3) is 3.09. The maximum Gasteiger partial charge on any atom is 0.346 e. The van der Waals surface area contributed by atoms with E-state index >= 15 is 0 Å². The summed E-state index contributed by atoms with van der Waals surface area (Å²) in [6, 6.07) is 20.6. The number of benzene rings is 3. The summed E-state index contributed by atoms with van der Waals surface area (Å²) in [5, 5.41) is 5.89. The Morgan fingerprint density at radius 1 is 0.750 bits per heavy atom. The standard InChI is InChI=1S/C25H12BrNO4S/c26-15-6-8-21-14(9-15)10-19(25(29)30-21)23-27-20(12-32-23)18-11-17-16-4-2-1-3-13(16)5-7-22(17)31-24(18)28/h1-12H. The molecule has 3 aromatic heterocycles. The van der Waals surface area contributed by atoms with Crippen molar-refractivity contribution in [3.8, 4) is 21.8 Å². The lowest BCUT2D eigenvalue weighted by Crippen LogP contribution is -2.04. The molecule has 6 aromatic rings. The highest BCUT2D eigenvalue weighted by Crippen LogP contribution is 2.31. The molecule has 0 atom stereocenters. The Morgan fingerprint density at radius 3 is 2.44 bits per heavy atom. The third-order valence-electron chi connectivity index (χ3n) is 5.35. The molecule has 0 fully saturated rings. The molecular weight excluding hydrogens is 490 g/mol. The number of hydrogen-bond acceptors (Lipinski definition) is 6. The number of halogens is 1. The lowest BCUT2D eigenvalue weighted by Gasteiger charge is -2.04. The second-order valence-electron chi connectivity index (χ2n) is 7.31. The molecule has 0 aliphatic heterocycles. The van der Waals surface area contributed by atoms with Crippen molar-refractivity contribution in [2.24, 2.45) is 0 Å². The molecule has 0 N–H and O–H groups in total. The predicted octanol–water partition coefficient (Wildman–Crippen LogP) is 6.61. The van der Waals surface area contributed by atoms with Crippen LogP contribution in [0.2, 0.25) is 0 Å². The number of rotatable bonds is 2. The van der Waals surface area contributed by atoms with Crippen LogP contribution in [0.15, 0.2) is 95.0 Å². The monoisotopic (exact) mass is 501 g/mol. The molecule has 0 bridgehead atoms. The minimum absolute atomic E-state index is 0.350. The average molecular weight is 502 g/mol. The van der Waals surface area contributed by atoms with E-state index in [-0.39, 0.29) is 0 Å². The van der Waals surface area contributed by atoms with E-state index in [1.807, 2.05) is 48.5 Å². The molecule has 0 spiro atoms. The zero-order chi connectivity index (χ0) is 21.8. The zero-order valence-electron chi connectivity index (χ0n) is 16.3. The van der Waals surface area contributed by atoms with Gasteiger partial charge in [0.05, 0.1) is 16.8 Å².